The summed E-state index contributed by atoms with van der Waals surface area (Å²) in [7, 11) is 2.63. The van der Waals surface area contributed by atoms with Gasteiger partial charge >= 0.3 is 0 Å². The molecule has 0 spiro atoms. The third kappa shape index (κ3) is 3.08. The molecule has 6 atom stereocenters. The molecule has 0 aliphatic heterocycles. The quantitative estimate of drug-likeness (QED) is 0.207. The first-order valence-corrected chi connectivity index (χ1v) is 12.5. The fourth-order valence-electron chi connectivity index (χ4n) is 6.74. The van der Waals surface area contributed by atoms with Crippen LogP contribution in [0.5, 0.6) is 5.75 Å². The molecule has 2 aromatic carbocycles. The third-order valence-corrected chi connectivity index (χ3v) is 8.71. The van der Waals surface area contributed by atoms with Crippen LogP contribution in [0.1, 0.15) is 17.2 Å². The molecule has 0 bridgehead atoms. The van der Waals surface area contributed by atoms with E-state index in [2.05, 4.69) is 0 Å². The molecule has 3 aliphatic rings. The molecule has 3 aliphatic carbocycles. The van der Waals surface area contributed by atoms with Gasteiger partial charge in [-0.1, -0.05) is 24.3 Å². The molecule has 0 heterocycles. The maximum absolute atomic E-state index is 14.5. The van der Waals surface area contributed by atoms with Crippen LogP contribution in [0.4, 0.5) is 4.39 Å². The lowest BCUT2D eigenvalue weighted by molar-refractivity contribution is -0.153. The number of likely N-dealkylation sites (N-methyl/N-ethyl adjacent to an activating group) is 1. The second-order valence-electron chi connectivity index (χ2n) is 10.9. The molecule has 5 rings (SSSR count). The molecular weight excluding hydrogens is 551 g/mol. The first kappa shape index (κ1) is 28.9. The van der Waals surface area contributed by atoms with E-state index in [1.165, 1.54) is 38.4 Å². The number of aromatic hydroxyl groups is 1. The number of phenols is 1. The van der Waals surface area contributed by atoms with Gasteiger partial charge in [0.2, 0.25) is 0 Å². The normalized spacial score (nSPS) is 32.3. The van der Waals surface area contributed by atoms with E-state index in [0.29, 0.717) is 5.56 Å². The van der Waals surface area contributed by atoms with E-state index in [4.69, 9.17) is 22.9 Å². The molecular formula is C28H27FN6O7. The summed E-state index contributed by atoms with van der Waals surface area (Å²) in [5, 5.41) is 56.5. The predicted molar refractivity (Wildman–Crippen MR) is 144 cm³/mol. The van der Waals surface area contributed by atoms with Gasteiger partial charge in [-0.3, -0.25) is 19.3 Å². The first-order chi connectivity index (χ1) is 19.5. The maximum atomic E-state index is 14.5. The number of nitrogens with zero attached hydrogens (tertiary/aromatic N) is 2. The fourth-order valence-corrected chi connectivity index (χ4v) is 6.74. The van der Waals surface area contributed by atoms with Crippen LogP contribution in [-0.2, 0) is 14.4 Å². The Kier molecular flexibility index (Phi) is 6.13. The van der Waals surface area contributed by atoms with E-state index < -0.39 is 86.4 Å². The van der Waals surface area contributed by atoms with Gasteiger partial charge in [0.05, 0.1) is 34.8 Å². The lowest BCUT2D eigenvalue weighted by Crippen LogP contribution is -2.87. The van der Waals surface area contributed by atoms with Crippen LogP contribution in [0.25, 0.3) is 16.9 Å². The fraction of sp³-hybridized carbons (Fsp3) is 0.286. The Bertz CT molecular complexity index is 1710. The Morgan fingerprint density at radius 1 is 1.07 bits per heavy atom. The zero-order chi connectivity index (χ0) is 31.3. The van der Waals surface area contributed by atoms with Gasteiger partial charge < -0.3 is 43.4 Å². The summed E-state index contributed by atoms with van der Waals surface area (Å²) in [4.78, 5) is 41.4. The minimum atomic E-state index is -3.08. The van der Waals surface area contributed by atoms with Crippen molar-refractivity contribution >= 4 is 23.2 Å². The lowest BCUT2D eigenvalue weighted by Gasteiger charge is -2.62. The van der Waals surface area contributed by atoms with Gasteiger partial charge in [0.15, 0.2) is 17.0 Å². The molecule has 42 heavy (non-hydrogen) atoms. The Morgan fingerprint density at radius 2 is 1.67 bits per heavy atom. The number of rotatable bonds is 3. The number of aliphatic hydroxyl groups is 3. The predicted octanol–water partition coefficient (Wildman–Crippen LogP) is -0.860. The topological polar surface area (TPSA) is 263 Å². The van der Waals surface area contributed by atoms with E-state index >= 15 is 0 Å². The third-order valence-electron chi connectivity index (χ3n) is 8.71. The molecule has 0 unspecified atom stereocenters. The summed E-state index contributed by atoms with van der Waals surface area (Å²) in [6.07, 6.45) is -2.31. The van der Waals surface area contributed by atoms with E-state index in [0.717, 1.165) is 17.0 Å². The number of carbonyl (C=O) groups is 3. The Hall–Kier alpha value is -4.65. The number of primary amides is 1. The Labute approximate surface area is 237 Å². The number of fused-ring (bicyclic) bond motifs is 3. The molecule has 0 saturated heterocycles. The summed E-state index contributed by atoms with van der Waals surface area (Å²) in [6.45, 7) is 0. The largest absolute Gasteiger partial charge is 0.509 e. The monoisotopic (exact) mass is 578 g/mol. The minimum Gasteiger partial charge on any atom is -0.509 e. The number of amides is 1. The molecule has 0 aromatic heterocycles. The number of benzene rings is 2. The van der Waals surface area contributed by atoms with Crippen LogP contribution in [0, 0.1) is 22.6 Å². The highest BCUT2D eigenvalue weighted by molar-refractivity contribution is 6.26. The zero-order valence-electron chi connectivity index (χ0n) is 22.3. The maximum Gasteiger partial charge on any atom is 0.255 e. The van der Waals surface area contributed by atoms with E-state index in [-0.39, 0.29) is 16.7 Å². The van der Waals surface area contributed by atoms with Crippen molar-refractivity contribution in [2.24, 2.45) is 28.3 Å². The van der Waals surface area contributed by atoms with Crippen LogP contribution in [0.2, 0.25) is 0 Å². The van der Waals surface area contributed by atoms with E-state index in [9.17, 15) is 44.5 Å². The van der Waals surface area contributed by atoms with Gasteiger partial charge in [-0.15, -0.1) is 0 Å². The van der Waals surface area contributed by atoms with Crippen molar-refractivity contribution in [2.45, 2.75) is 29.3 Å². The number of nitrogens with two attached hydrogens (primary N) is 4. The summed E-state index contributed by atoms with van der Waals surface area (Å²) >= 11 is 0. The highest BCUT2D eigenvalue weighted by Crippen LogP contribution is 2.60. The molecule has 1 amide bonds. The van der Waals surface area contributed by atoms with Crippen molar-refractivity contribution in [3.05, 3.63) is 70.2 Å². The van der Waals surface area contributed by atoms with Crippen LogP contribution >= 0.6 is 0 Å². The second-order valence-corrected chi connectivity index (χ2v) is 10.9. The van der Waals surface area contributed by atoms with Crippen LogP contribution in [-0.4, -0.2) is 80.1 Å². The van der Waals surface area contributed by atoms with Crippen LogP contribution < -0.4 is 22.9 Å². The molecule has 13 nitrogen and oxygen atoms in total. The molecule has 218 valence electrons. The Balaban J connectivity index is 1.90. The standard InChI is InChI=1S/C28H27FN6O7/c1-35(2)21-19(38)15(24(32)41)22(39)26(9-30)23(40)16-18(37)14-13(20(31)27(16,33)25(42)28(21,26)34)8-7-12(17(14)36)10-3-5-11(29)6-4-10/h3-8,20-21,25,36-37,39,42H,31,33-34H2,1-2H3,(H2,32,41)/t20-,21+,25-,26-,27+,28-/m0/s1. The molecule has 1 fully saturated rings. The smallest absolute Gasteiger partial charge is 0.255 e. The average molecular weight is 579 g/mol. The summed E-state index contributed by atoms with van der Waals surface area (Å²) < 4.78 is 13.5. The van der Waals surface area contributed by atoms with Crippen molar-refractivity contribution in [1.29, 1.82) is 5.26 Å². The summed E-state index contributed by atoms with van der Waals surface area (Å²) in [6, 6.07) is 5.92. The van der Waals surface area contributed by atoms with Crippen molar-refractivity contribution in [2.75, 3.05) is 14.1 Å². The molecule has 14 heteroatoms. The number of hydrogen-bond acceptors (Lipinski definition) is 12. The number of nitriles is 1. The van der Waals surface area contributed by atoms with Crippen molar-refractivity contribution in [1.82, 2.24) is 4.90 Å². The summed E-state index contributed by atoms with van der Waals surface area (Å²) in [5.41, 5.74) is 14.9. The highest BCUT2D eigenvalue weighted by atomic mass is 19.1. The van der Waals surface area contributed by atoms with Gasteiger partial charge in [0, 0.05) is 5.56 Å². The second kappa shape index (κ2) is 8.92. The van der Waals surface area contributed by atoms with Gasteiger partial charge in [-0.05, 0) is 37.4 Å². The average Bonchev–Trinajstić information content (AvgIpc) is 2.91. The van der Waals surface area contributed by atoms with Gasteiger partial charge in [-0.25, -0.2) is 4.39 Å². The molecule has 0 radical (unpaired) electrons. The van der Waals surface area contributed by atoms with Gasteiger partial charge in [-0.2, -0.15) is 5.26 Å². The molecule has 2 aromatic rings. The molecule has 1 saturated carbocycles. The van der Waals surface area contributed by atoms with E-state index in [1.807, 2.05) is 0 Å². The van der Waals surface area contributed by atoms with Crippen LogP contribution in [0.15, 0.2) is 53.3 Å². The zero-order valence-corrected chi connectivity index (χ0v) is 22.3. The number of hydrogen-bond donors (Lipinski definition) is 8. The highest BCUT2D eigenvalue weighted by Gasteiger charge is 2.79. The minimum absolute atomic E-state index is 0.0388. The number of carbonyl (C=O) groups excluding carboxylic acids is 3. The van der Waals surface area contributed by atoms with Gasteiger partial charge in [0.1, 0.15) is 40.3 Å². The van der Waals surface area contributed by atoms with Crippen molar-refractivity contribution < 1.29 is 39.2 Å². The Morgan fingerprint density at radius 3 is 2.19 bits per heavy atom. The van der Waals surface area contributed by atoms with Crippen molar-refractivity contribution in [3.8, 4) is 22.9 Å². The number of phenolic OH excluding ortho intramolecular Hbond substituents is 1. The number of ketones is 2. The van der Waals surface area contributed by atoms with E-state index in [1.54, 1.807) is 6.07 Å². The lowest BCUT2D eigenvalue weighted by atomic mass is 9.45. The molecule has 12 N–H and O–H groups in total. The summed E-state index contributed by atoms with van der Waals surface area (Å²) in [5.74, 6) is -7.69. The number of halogens is 1. The number of aliphatic hydroxyl groups excluding tert-OH is 3. The van der Waals surface area contributed by atoms with Crippen molar-refractivity contribution in [3.63, 3.8) is 0 Å². The SMILES string of the molecule is CN(C)[C@@H]1C(=O)C(C(N)=O)=C(O)[C@@]2(C#N)C(=O)C3=C(O)c4c(ccc(-c5ccc(F)cc5)c4O)[C@H](N)[C@@]3(N)[C@H](O)[C@@]12N. The number of Topliss-reactive ketones (excluding diaryl/α,β-unsaturated/α-hetero) is 2. The van der Waals surface area contributed by atoms with Crippen LogP contribution in [0.3, 0.4) is 0 Å². The first-order valence-electron chi connectivity index (χ1n) is 12.5. The van der Waals surface area contributed by atoms with Gasteiger partial charge in [0.25, 0.3) is 5.91 Å².